The van der Waals surface area contributed by atoms with Crippen LogP contribution in [0.4, 0.5) is 13.2 Å². The Morgan fingerprint density at radius 3 is 2.73 bits per heavy atom. The van der Waals surface area contributed by atoms with Gasteiger partial charge in [-0.05, 0) is 31.6 Å². The number of hydrogen-bond donors (Lipinski definition) is 1. The summed E-state index contributed by atoms with van der Waals surface area (Å²) in [7, 11) is 1.66. The zero-order chi connectivity index (χ0) is 19.1. The molecule has 2 rings (SSSR count). The minimum Gasteiger partial charge on any atom is -0.434 e. The summed E-state index contributed by atoms with van der Waals surface area (Å²) in [6, 6.07) is 4.36. The predicted molar refractivity (Wildman–Crippen MR) is 96.1 cm³/mol. The van der Waals surface area contributed by atoms with Gasteiger partial charge in [0, 0.05) is 38.3 Å². The fourth-order valence-corrected chi connectivity index (χ4v) is 3.39. The molecule has 146 valence electrons. The molecule has 1 aromatic rings. The van der Waals surface area contributed by atoms with Gasteiger partial charge in [-0.3, -0.25) is 9.89 Å². The second-order valence-electron chi connectivity index (χ2n) is 6.11. The molecule has 0 amide bonds. The van der Waals surface area contributed by atoms with Crippen LogP contribution in [0.5, 0.6) is 5.75 Å². The van der Waals surface area contributed by atoms with Crippen molar-refractivity contribution in [3.8, 4) is 5.75 Å². The lowest BCUT2D eigenvalue weighted by Crippen LogP contribution is -2.43. The molecule has 1 unspecified atom stereocenters. The van der Waals surface area contributed by atoms with Crippen LogP contribution in [0.2, 0.25) is 0 Å². The number of ether oxygens (including phenoxy) is 1. The van der Waals surface area contributed by atoms with Crippen LogP contribution in [0.3, 0.4) is 0 Å². The van der Waals surface area contributed by atoms with E-state index < -0.39 is 12.4 Å². The standard InChI is InChI=1S/C18H27F3N4O/c1-4-24(5-2)13-9-10-25(12-13)18(22-3)23-11-14-15(19)7-6-8-16(14)26-17(20)21/h6-8,13,17H,4-5,9-12H2,1-3H3,(H,22,23). The number of halogens is 3. The second-order valence-corrected chi connectivity index (χ2v) is 6.11. The maximum atomic E-state index is 14.1. The minimum atomic E-state index is -3.00. The summed E-state index contributed by atoms with van der Waals surface area (Å²) in [5, 5.41) is 3.07. The van der Waals surface area contributed by atoms with Gasteiger partial charge in [0.25, 0.3) is 0 Å². The first kappa shape index (κ1) is 20.4. The number of aliphatic imine (C=N–C) groups is 1. The van der Waals surface area contributed by atoms with Crippen LogP contribution in [0, 0.1) is 5.82 Å². The molecule has 0 aliphatic carbocycles. The fourth-order valence-electron chi connectivity index (χ4n) is 3.39. The Morgan fingerprint density at radius 2 is 2.12 bits per heavy atom. The van der Waals surface area contributed by atoms with Crippen molar-refractivity contribution in [2.75, 3.05) is 33.2 Å². The third-order valence-electron chi connectivity index (χ3n) is 4.72. The van der Waals surface area contributed by atoms with Gasteiger partial charge in [-0.1, -0.05) is 19.9 Å². The van der Waals surface area contributed by atoms with Gasteiger partial charge in [-0.15, -0.1) is 0 Å². The molecular formula is C18H27F3N4O. The van der Waals surface area contributed by atoms with E-state index in [4.69, 9.17) is 0 Å². The van der Waals surface area contributed by atoms with Gasteiger partial charge >= 0.3 is 6.61 Å². The van der Waals surface area contributed by atoms with E-state index in [0.29, 0.717) is 12.0 Å². The number of guanidine groups is 1. The minimum absolute atomic E-state index is 0.0217. The summed E-state index contributed by atoms with van der Waals surface area (Å²) in [6.07, 6.45) is 1.03. The van der Waals surface area contributed by atoms with E-state index in [2.05, 4.69) is 38.7 Å². The third kappa shape index (κ3) is 5.03. The molecule has 1 N–H and O–H groups in total. The highest BCUT2D eigenvalue weighted by molar-refractivity contribution is 5.80. The Balaban J connectivity index is 2.02. The Morgan fingerprint density at radius 1 is 1.38 bits per heavy atom. The van der Waals surface area contributed by atoms with Crippen LogP contribution in [0.15, 0.2) is 23.2 Å². The zero-order valence-corrected chi connectivity index (χ0v) is 15.5. The summed E-state index contributed by atoms with van der Waals surface area (Å²) in [6.45, 7) is 4.97. The lowest BCUT2D eigenvalue weighted by molar-refractivity contribution is -0.0506. The molecular weight excluding hydrogens is 345 g/mol. The van der Waals surface area contributed by atoms with Gasteiger partial charge in [0.1, 0.15) is 11.6 Å². The summed E-state index contributed by atoms with van der Waals surface area (Å²) in [5.41, 5.74) is 0.0634. The van der Waals surface area contributed by atoms with E-state index >= 15 is 0 Å². The smallest absolute Gasteiger partial charge is 0.387 e. The molecule has 1 aliphatic rings. The first-order valence-electron chi connectivity index (χ1n) is 8.91. The van der Waals surface area contributed by atoms with Crippen molar-refractivity contribution in [3.63, 3.8) is 0 Å². The van der Waals surface area contributed by atoms with Crippen LogP contribution in [0.1, 0.15) is 25.8 Å². The number of benzene rings is 1. The van der Waals surface area contributed by atoms with Crippen molar-refractivity contribution < 1.29 is 17.9 Å². The van der Waals surface area contributed by atoms with E-state index in [1.807, 2.05) is 0 Å². The van der Waals surface area contributed by atoms with Crippen molar-refractivity contribution in [2.45, 2.75) is 39.5 Å². The van der Waals surface area contributed by atoms with Gasteiger partial charge in [0.15, 0.2) is 5.96 Å². The highest BCUT2D eigenvalue weighted by atomic mass is 19.3. The van der Waals surface area contributed by atoms with E-state index in [1.165, 1.54) is 18.2 Å². The van der Waals surface area contributed by atoms with Crippen molar-refractivity contribution in [3.05, 3.63) is 29.6 Å². The summed E-state index contributed by atoms with van der Waals surface area (Å²) < 4.78 is 43.5. The van der Waals surface area contributed by atoms with Crippen molar-refractivity contribution in [2.24, 2.45) is 4.99 Å². The van der Waals surface area contributed by atoms with Gasteiger partial charge in [0.2, 0.25) is 0 Å². The summed E-state index contributed by atoms with van der Waals surface area (Å²) in [4.78, 5) is 8.76. The lowest BCUT2D eigenvalue weighted by atomic mass is 10.2. The molecule has 1 atom stereocenters. The maximum absolute atomic E-state index is 14.1. The SMILES string of the molecule is CCN(CC)C1CCN(C(=NC)NCc2c(F)cccc2OC(F)F)C1. The van der Waals surface area contributed by atoms with Crippen molar-refractivity contribution >= 4 is 5.96 Å². The average Bonchev–Trinajstić information content (AvgIpc) is 3.08. The maximum Gasteiger partial charge on any atom is 0.387 e. The van der Waals surface area contributed by atoms with Gasteiger partial charge in [0.05, 0.1) is 0 Å². The Bertz CT molecular complexity index is 608. The van der Waals surface area contributed by atoms with E-state index in [1.54, 1.807) is 7.05 Å². The lowest BCUT2D eigenvalue weighted by Gasteiger charge is -2.27. The van der Waals surface area contributed by atoms with Crippen LogP contribution >= 0.6 is 0 Å². The molecule has 0 saturated carbocycles. The number of alkyl halides is 2. The number of likely N-dealkylation sites (tertiary alicyclic amines) is 1. The molecule has 1 aromatic carbocycles. The molecule has 8 heteroatoms. The van der Waals surface area contributed by atoms with Gasteiger partial charge < -0.3 is 15.0 Å². The largest absolute Gasteiger partial charge is 0.434 e. The van der Waals surface area contributed by atoms with Crippen LogP contribution in [0.25, 0.3) is 0 Å². The van der Waals surface area contributed by atoms with Gasteiger partial charge in [-0.2, -0.15) is 8.78 Å². The topological polar surface area (TPSA) is 40.1 Å². The van der Waals surface area contributed by atoms with E-state index in [9.17, 15) is 13.2 Å². The first-order valence-corrected chi connectivity index (χ1v) is 8.91. The van der Waals surface area contributed by atoms with Crippen LogP contribution < -0.4 is 10.1 Å². The monoisotopic (exact) mass is 372 g/mol. The van der Waals surface area contributed by atoms with Crippen LogP contribution in [-0.4, -0.2) is 61.6 Å². The number of nitrogens with zero attached hydrogens (tertiary/aromatic N) is 3. The molecule has 1 heterocycles. The van der Waals surface area contributed by atoms with Crippen molar-refractivity contribution in [1.82, 2.24) is 15.1 Å². The second kappa shape index (κ2) is 9.66. The Kier molecular flexibility index (Phi) is 7.56. The Hall–Kier alpha value is -1.96. The fraction of sp³-hybridized carbons (Fsp3) is 0.611. The quantitative estimate of drug-likeness (QED) is 0.590. The molecule has 0 aromatic heterocycles. The summed E-state index contributed by atoms with van der Waals surface area (Å²) >= 11 is 0. The van der Waals surface area contributed by atoms with Crippen LogP contribution in [-0.2, 0) is 6.54 Å². The molecule has 1 saturated heterocycles. The summed E-state index contributed by atoms with van der Waals surface area (Å²) in [5.74, 6) is -0.121. The van der Waals surface area contributed by atoms with E-state index in [-0.39, 0.29) is 17.9 Å². The molecule has 1 aliphatic heterocycles. The molecule has 0 radical (unpaired) electrons. The highest BCUT2D eigenvalue weighted by Gasteiger charge is 2.28. The molecule has 0 spiro atoms. The first-order chi connectivity index (χ1) is 12.5. The molecule has 26 heavy (non-hydrogen) atoms. The molecule has 0 bridgehead atoms. The molecule has 1 fully saturated rings. The Labute approximate surface area is 152 Å². The number of rotatable bonds is 7. The molecule has 5 nitrogen and oxygen atoms in total. The van der Waals surface area contributed by atoms with E-state index in [0.717, 1.165) is 32.6 Å². The van der Waals surface area contributed by atoms with Gasteiger partial charge in [-0.25, -0.2) is 4.39 Å². The third-order valence-corrected chi connectivity index (χ3v) is 4.72. The normalized spacial score (nSPS) is 18.1. The number of hydrogen-bond acceptors (Lipinski definition) is 3. The van der Waals surface area contributed by atoms with Crippen molar-refractivity contribution in [1.29, 1.82) is 0 Å². The number of nitrogens with one attached hydrogen (secondary N) is 1. The highest BCUT2D eigenvalue weighted by Crippen LogP contribution is 2.23. The number of likely N-dealkylation sites (N-methyl/N-ethyl adjacent to an activating group) is 1. The average molecular weight is 372 g/mol. The zero-order valence-electron chi connectivity index (χ0n) is 15.5. The predicted octanol–water partition coefficient (Wildman–Crippen LogP) is 2.92.